The van der Waals surface area contributed by atoms with E-state index < -0.39 is 10.0 Å². The van der Waals surface area contributed by atoms with Gasteiger partial charge in [0.25, 0.3) is 5.91 Å². The molecule has 2 heterocycles. The third-order valence-corrected chi connectivity index (χ3v) is 7.48. The maximum Gasteiger partial charge on any atom is 0.254 e. The largest absolute Gasteiger partial charge is 0.339 e. The van der Waals surface area contributed by atoms with E-state index in [1.165, 1.54) is 10.4 Å². The Labute approximate surface area is 160 Å². The van der Waals surface area contributed by atoms with Crippen molar-refractivity contribution >= 4 is 21.8 Å². The maximum atomic E-state index is 12.8. The van der Waals surface area contributed by atoms with Crippen LogP contribution in [0.3, 0.4) is 0 Å². The van der Waals surface area contributed by atoms with Gasteiger partial charge in [-0.25, -0.2) is 8.42 Å². The Balaban J connectivity index is 1.44. The summed E-state index contributed by atoms with van der Waals surface area (Å²) in [5.41, 5.74) is 0.386. The first-order valence-electron chi connectivity index (χ1n) is 9.65. The van der Waals surface area contributed by atoms with Crippen LogP contribution in [-0.4, -0.2) is 73.6 Å². The van der Waals surface area contributed by atoms with E-state index in [1.807, 2.05) is 4.90 Å². The minimum absolute atomic E-state index is 0.174. The second-order valence-electron chi connectivity index (χ2n) is 7.53. The summed E-state index contributed by atoms with van der Waals surface area (Å²) in [7, 11) is -3.54. The van der Waals surface area contributed by atoms with Gasteiger partial charge in [-0.1, -0.05) is 6.07 Å². The van der Waals surface area contributed by atoms with Gasteiger partial charge in [-0.15, -0.1) is 0 Å². The van der Waals surface area contributed by atoms with Crippen molar-refractivity contribution in [1.29, 1.82) is 0 Å². The van der Waals surface area contributed by atoms with Gasteiger partial charge in [-0.3, -0.25) is 9.59 Å². The summed E-state index contributed by atoms with van der Waals surface area (Å²) in [5, 5.41) is 0. The molecule has 1 aliphatic carbocycles. The molecule has 1 aromatic carbocycles. The molecule has 7 nitrogen and oxygen atoms in total. The van der Waals surface area contributed by atoms with Crippen LogP contribution in [0.25, 0.3) is 0 Å². The predicted octanol–water partition coefficient (Wildman–Crippen LogP) is 1.17. The number of piperazine rings is 1. The normalized spacial score (nSPS) is 21.5. The molecule has 0 unspecified atom stereocenters. The van der Waals surface area contributed by atoms with Gasteiger partial charge < -0.3 is 9.80 Å². The number of nitrogens with zero attached hydrogens (tertiary/aromatic N) is 3. The second kappa shape index (κ2) is 7.24. The average molecular weight is 391 g/mol. The molecule has 2 amide bonds. The van der Waals surface area contributed by atoms with Gasteiger partial charge in [0.15, 0.2) is 0 Å². The van der Waals surface area contributed by atoms with Crippen LogP contribution in [-0.2, 0) is 14.8 Å². The summed E-state index contributed by atoms with van der Waals surface area (Å²) >= 11 is 0. The number of rotatable bonds is 4. The van der Waals surface area contributed by atoms with Crippen LogP contribution in [0, 0.1) is 5.92 Å². The smallest absolute Gasteiger partial charge is 0.254 e. The lowest BCUT2D eigenvalue weighted by Gasteiger charge is -2.35. The molecule has 1 saturated carbocycles. The Morgan fingerprint density at radius 1 is 0.889 bits per heavy atom. The molecule has 0 aromatic heterocycles. The second-order valence-corrected chi connectivity index (χ2v) is 9.47. The van der Waals surface area contributed by atoms with Crippen molar-refractivity contribution in [3.63, 3.8) is 0 Å². The molecule has 3 fully saturated rings. The van der Waals surface area contributed by atoms with Crippen molar-refractivity contribution in [3.05, 3.63) is 29.8 Å². The standard InChI is InChI=1S/C19H25N3O4S/c23-18(15-6-7-15)20-10-12-21(13-11-20)19(24)16-4-3-5-17(14-16)27(25,26)22-8-1-2-9-22/h3-5,14-15H,1-2,6-13H2. The van der Waals surface area contributed by atoms with E-state index in [1.54, 1.807) is 23.1 Å². The van der Waals surface area contributed by atoms with Gasteiger partial charge in [0.1, 0.15) is 0 Å². The van der Waals surface area contributed by atoms with E-state index in [4.69, 9.17) is 0 Å². The molecule has 2 saturated heterocycles. The van der Waals surface area contributed by atoms with Crippen LogP contribution < -0.4 is 0 Å². The summed E-state index contributed by atoms with van der Waals surface area (Å²) < 4.78 is 26.9. The zero-order valence-electron chi connectivity index (χ0n) is 15.3. The molecule has 2 aliphatic heterocycles. The summed E-state index contributed by atoms with van der Waals surface area (Å²) in [6, 6.07) is 6.32. The highest BCUT2D eigenvalue weighted by Gasteiger charge is 2.35. The fraction of sp³-hybridized carbons (Fsp3) is 0.579. The summed E-state index contributed by atoms with van der Waals surface area (Å²) in [5.74, 6) is 0.229. The van der Waals surface area contributed by atoms with Crippen molar-refractivity contribution in [3.8, 4) is 0 Å². The lowest BCUT2D eigenvalue weighted by Crippen LogP contribution is -2.51. The Bertz CT molecular complexity index is 836. The highest BCUT2D eigenvalue weighted by molar-refractivity contribution is 7.89. The van der Waals surface area contributed by atoms with Gasteiger partial charge in [0.2, 0.25) is 15.9 Å². The van der Waals surface area contributed by atoms with Crippen molar-refractivity contribution < 1.29 is 18.0 Å². The van der Waals surface area contributed by atoms with Crippen LogP contribution >= 0.6 is 0 Å². The Morgan fingerprint density at radius 2 is 1.52 bits per heavy atom. The molecule has 0 spiro atoms. The molecule has 0 atom stereocenters. The van der Waals surface area contributed by atoms with Crippen molar-refractivity contribution in [2.75, 3.05) is 39.3 Å². The van der Waals surface area contributed by atoms with Crippen LogP contribution in [0.5, 0.6) is 0 Å². The molecule has 8 heteroatoms. The van der Waals surface area contributed by atoms with Crippen molar-refractivity contribution in [2.45, 2.75) is 30.6 Å². The highest BCUT2D eigenvalue weighted by atomic mass is 32.2. The molecule has 0 N–H and O–H groups in total. The molecule has 1 aromatic rings. The lowest BCUT2D eigenvalue weighted by molar-refractivity contribution is -0.134. The first kappa shape index (κ1) is 18.4. The number of carbonyl (C=O) groups excluding carboxylic acids is 2. The van der Waals surface area contributed by atoms with Gasteiger partial charge >= 0.3 is 0 Å². The number of hydrogen-bond acceptors (Lipinski definition) is 4. The van der Waals surface area contributed by atoms with E-state index in [2.05, 4.69) is 0 Å². The monoisotopic (exact) mass is 391 g/mol. The summed E-state index contributed by atoms with van der Waals surface area (Å²) in [4.78, 5) is 28.7. The summed E-state index contributed by atoms with van der Waals surface area (Å²) in [6.07, 6.45) is 3.72. The van der Waals surface area contributed by atoms with Gasteiger partial charge in [-0.05, 0) is 43.9 Å². The highest BCUT2D eigenvalue weighted by Crippen LogP contribution is 2.31. The quantitative estimate of drug-likeness (QED) is 0.772. The number of hydrogen-bond donors (Lipinski definition) is 0. The molecular weight excluding hydrogens is 366 g/mol. The summed E-state index contributed by atoms with van der Waals surface area (Å²) in [6.45, 7) is 3.15. The fourth-order valence-electron chi connectivity index (χ4n) is 3.77. The number of carbonyl (C=O) groups is 2. The molecule has 4 rings (SSSR count). The maximum absolute atomic E-state index is 12.8. The van der Waals surface area contributed by atoms with Gasteiger partial charge in [0, 0.05) is 50.7 Å². The number of benzene rings is 1. The van der Waals surface area contributed by atoms with Crippen molar-refractivity contribution in [2.24, 2.45) is 5.92 Å². The lowest BCUT2D eigenvalue weighted by atomic mass is 10.1. The molecule has 27 heavy (non-hydrogen) atoms. The number of sulfonamides is 1. The van der Waals surface area contributed by atoms with Gasteiger partial charge in [-0.2, -0.15) is 4.31 Å². The van der Waals surface area contributed by atoms with E-state index in [0.29, 0.717) is 44.8 Å². The third-order valence-electron chi connectivity index (χ3n) is 5.59. The van der Waals surface area contributed by atoms with Crippen LogP contribution in [0.15, 0.2) is 29.2 Å². The molecule has 0 bridgehead atoms. The van der Waals surface area contributed by atoms with E-state index in [9.17, 15) is 18.0 Å². The molecule has 3 aliphatic rings. The minimum Gasteiger partial charge on any atom is -0.339 e. The van der Waals surface area contributed by atoms with Crippen molar-refractivity contribution in [1.82, 2.24) is 14.1 Å². The van der Waals surface area contributed by atoms with Crippen LogP contribution in [0.4, 0.5) is 0 Å². The van der Waals surface area contributed by atoms with E-state index >= 15 is 0 Å². The topological polar surface area (TPSA) is 78.0 Å². The van der Waals surface area contributed by atoms with E-state index in [-0.39, 0.29) is 22.6 Å². The Morgan fingerprint density at radius 3 is 2.15 bits per heavy atom. The molecular formula is C19H25N3O4S. The van der Waals surface area contributed by atoms with Crippen LogP contribution in [0.2, 0.25) is 0 Å². The molecule has 146 valence electrons. The zero-order valence-corrected chi connectivity index (χ0v) is 16.2. The predicted molar refractivity (Wildman–Crippen MR) is 99.6 cm³/mol. The minimum atomic E-state index is -3.54. The number of amides is 2. The van der Waals surface area contributed by atoms with E-state index in [0.717, 1.165) is 25.7 Å². The first-order valence-corrected chi connectivity index (χ1v) is 11.1. The fourth-order valence-corrected chi connectivity index (χ4v) is 5.33. The first-order chi connectivity index (χ1) is 13.0. The third kappa shape index (κ3) is 3.73. The Hall–Kier alpha value is -1.93. The van der Waals surface area contributed by atoms with Gasteiger partial charge in [0.05, 0.1) is 4.90 Å². The SMILES string of the molecule is O=C(c1cccc(S(=O)(=O)N2CCCC2)c1)N1CCN(C(=O)C2CC2)CC1. The molecule has 0 radical (unpaired) electrons. The average Bonchev–Trinajstić information content (AvgIpc) is 3.40. The van der Waals surface area contributed by atoms with Crippen LogP contribution in [0.1, 0.15) is 36.0 Å². The Kier molecular flexibility index (Phi) is 4.94. The zero-order chi connectivity index (χ0) is 19.0.